The molecule has 1 aliphatic rings. The highest BCUT2D eigenvalue weighted by atomic mass is 35.5. The van der Waals surface area contributed by atoms with Crippen LogP contribution in [0.5, 0.6) is 0 Å². The Morgan fingerprint density at radius 3 is 2.65 bits per heavy atom. The SMILES string of the molecule is Cc1ccc(C(=O)N2CCC(N)CC2)c(Cl)c1. The van der Waals surface area contributed by atoms with Crippen molar-refractivity contribution in [1.82, 2.24) is 4.90 Å². The third-order valence-corrected chi connectivity index (χ3v) is 3.49. The zero-order valence-corrected chi connectivity index (χ0v) is 10.7. The fourth-order valence-electron chi connectivity index (χ4n) is 2.07. The summed E-state index contributed by atoms with van der Waals surface area (Å²) < 4.78 is 0. The van der Waals surface area contributed by atoms with Crippen molar-refractivity contribution >= 4 is 17.5 Å². The van der Waals surface area contributed by atoms with Gasteiger partial charge in [0, 0.05) is 19.1 Å². The number of nitrogens with two attached hydrogens (primary N) is 1. The van der Waals surface area contributed by atoms with E-state index in [0.717, 1.165) is 31.5 Å². The molecule has 1 saturated heterocycles. The third-order valence-electron chi connectivity index (χ3n) is 3.18. The van der Waals surface area contributed by atoms with E-state index in [1.54, 1.807) is 6.07 Å². The highest BCUT2D eigenvalue weighted by Crippen LogP contribution is 2.21. The lowest BCUT2D eigenvalue weighted by Gasteiger charge is -2.30. The molecular formula is C13H17ClN2O. The van der Waals surface area contributed by atoms with Crippen molar-refractivity contribution < 1.29 is 4.79 Å². The Kier molecular flexibility index (Phi) is 3.69. The molecule has 4 heteroatoms. The van der Waals surface area contributed by atoms with Gasteiger partial charge in [0.25, 0.3) is 5.91 Å². The van der Waals surface area contributed by atoms with Crippen LogP contribution < -0.4 is 5.73 Å². The Morgan fingerprint density at radius 2 is 2.06 bits per heavy atom. The molecule has 2 rings (SSSR count). The van der Waals surface area contributed by atoms with Gasteiger partial charge >= 0.3 is 0 Å². The summed E-state index contributed by atoms with van der Waals surface area (Å²) in [6.07, 6.45) is 1.74. The van der Waals surface area contributed by atoms with E-state index < -0.39 is 0 Å². The second-order valence-electron chi connectivity index (χ2n) is 4.61. The van der Waals surface area contributed by atoms with Crippen LogP contribution in [0.15, 0.2) is 18.2 Å². The van der Waals surface area contributed by atoms with E-state index in [2.05, 4.69) is 0 Å². The normalized spacial score (nSPS) is 17.2. The average molecular weight is 253 g/mol. The highest BCUT2D eigenvalue weighted by molar-refractivity contribution is 6.33. The first-order chi connectivity index (χ1) is 8.08. The topological polar surface area (TPSA) is 46.3 Å². The predicted octanol–water partition coefficient (Wildman–Crippen LogP) is 2.21. The zero-order chi connectivity index (χ0) is 12.4. The van der Waals surface area contributed by atoms with E-state index in [4.69, 9.17) is 17.3 Å². The van der Waals surface area contributed by atoms with Crippen LogP contribution in [0.4, 0.5) is 0 Å². The van der Waals surface area contributed by atoms with Crippen molar-refractivity contribution in [3.8, 4) is 0 Å². The van der Waals surface area contributed by atoms with Crippen LogP contribution >= 0.6 is 11.6 Å². The molecule has 1 amide bonds. The number of hydrogen-bond donors (Lipinski definition) is 1. The van der Waals surface area contributed by atoms with Gasteiger partial charge in [0.15, 0.2) is 0 Å². The van der Waals surface area contributed by atoms with Crippen LogP contribution in [-0.4, -0.2) is 29.9 Å². The molecule has 1 aromatic carbocycles. The van der Waals surface area contributed by atoms with Gasteiger partial charge in [-0.15, -0.1) is 0 Å². The lowest BCUT2D eigenvalue weighted by atomic mass is 10.0. The van der Waals surface area contributed by atoms with Gasteiger partial charge in [-0.25, -0.2) is 0 Å². The van der Waals surface area contributed by atoms with Crippen molar-refractivity contribution in [2.75, 3.05) is 13.1 Å². The summed E-state index contributed by atoms with van der Waals surface area (Å²) in [5.41, 5.74) is 7.47. The average Bonchev–Trinajstić information content (AvgIpc) is 2.29. The fraction of sp³-hybridized carbons (Fsp3) is 0.462. The molecule has 17 heavy (non-hydrogen) atoms. The Balaban J connectivity index is 2.14. The number of likely N-dealkylation sites (tertiary alicyclic amines) is 1. The van der Waals surface area contributed by atoms with Crippen LogP contribution in [-0.2, 0) is 0 Å². The van der Waals surface area contributed by atoms with E-state index in [1.807, 2.05) is 24.0 Å². The maximum absolute atomic E-state index is 12.2. The van der Waals surface area contributed by atoms with Gasteiger partial charge in [-0.3, -0.25) is 4.79 Å². The summed E-state index contributed by atoms with van der Waals surface area (Å²) in [7, 11) is 0. The molecule has 0 unspecified atom stereocenters. The molecule has 1 heterocycles. The number of piperidine rings is 1. The molecule has 0 aromatic heterocycles. The second kappa shape index (κ2) is 5.07. The number of hydrogen-bond acceptors (Lipinski definition) is 2. The number of nitrogens with zero attached hydrogens (tertiary/aromatic N) is 1. The number of carbonyl (C=O) groups is 1. The summed E-state index contributed by atoms with van der Waals surface area (Å²) in [6.45, 7) is 3.41. The molecular weight excluding hydrogens is 236 g/mol. The van der Waals surface area contributed by atoms with Gasteiger partial charge in [-0.1, -0.05) is 17.7 Å². The Hall–Kier alpha value is -1.06. The van der Waals surface area contributed by atoms with Crippen molar-refractivity contribution in [1.29, 1.82) is 0 Å². The smallest absolute Gasteiger partial charge is 0.255 e. The van der Waals surface area contributed by atoms with Crippen LogP contribution in [0.3, 0.4) is 0 Å². The minimum Gasteiger partial charge on any atom is -0.338 e. The minimum absolute atomic E-state index is 0.0156. The first kappa shape index (κ1) is 12.4. The molecule has 0 saturated carbocycles. The van der Waals surface area contributed by atoms with Gasteiger partial charge in [-0.05, 0) is 37.5 Å². The van der Waals surface area contributed by atoms with Gasteiger partial charge in [0.05, 0.1) is 10.6 Å². The highest BCUT2D eigenvalue weighted by Gasteiger charge is 2.22. The van der Waals surface area contributed by atoms with E-state index in [0.29, 0.717) is 10.6 Å². The molecule has 0 spiro atoms. The van der Waals surface area contributed by atoms with Crippen LogP contribution in [0.25, 0.3) is 0 Å². The number of carbonyl (C=O) groups excluding carboxylic acids is 1. The standard InChI is InChI=1S/C13H17ClN2O/c1-9-2-3-11(12(14)8-9)13(17)16-6-4-10(15)5-7-16/h2-3,8,10H,4-7,15H2,1H3. The number of amides is 1. The molecule has 0 aliphatic carbocycles. The number of aryl methyl sites for hydroxylation is 1. The predicted molar refractivity (Wildman–Crippen MR) is 69.3 cm³/mol. The van der Waals surface area contributed by atoms with Crippen molar-refractivity contribution in [2.45, 2.75) is 25.8 Å². The van der Waals surface area contributed by atoms with Crippen molar-refractivity contribution in [3.05, 3.63) is 34.3 Å². The number of halogens is 1. The Labute approximate surface area is 107 Å². The third kappa shape index (κ3) is 2.79. The largest absolute Gasteiger partial charge is 0.338 e. The Morgan fingerprint density at radius 1 is 1.41 bits per heavy atom. The lowest BCUT2D eigenvalue weighted by molar-refractivity contribution is 0.0715. The summed E-state index contributed by atoms with van der Waals surface area (Å²) in [5, 5.41) is 0.532. The summed E-state index contributed by atoms with van der Waals surface area (Å²) in [6, 6.07) is 5.76. The van der Waals surface area contributed by atoms with Gasteiger partial charge in [0.2, 0.25) is 0 Å². The van der Waals surface area contributed by atoms with Crippen LogP contribution in [0, 0.1) is 6.92 Å². The maximum atomic E-state index is 12.2. The van der Waals surface area contributed by atoms with Crippen molar-refractivity contribution in [2.24, 2.45) is 5.73 Å². The first-order valence-electron chi connectivity index (χ1n) is 5.89. The van der Waals surface area contributed by atoms with Gasteiger partial charge in [-0.2, -0.15) is 0 Å². The molecule has 1 aliphatic heterocycles. The lowest BCUT2D eigenvalue weighted by Crippen LogP contribution is -2.42. The molecule has 3 nitrogen and oxygen atoms in total. The Bertz CT molecular complexity index is 425. The van der Waals surface area contributed by atoms with E-state index >= 15 is 0 Å². The van der Waals surface area contributed by atoms with E-state index in [1.165, 1.54) is 0 Å². The fourth-order valence-corrected chi connectivity index (χ4v) is 2.38. The van der Waals surface area contributed by atoms with E-state index in [-0.39, 0.29) is 11.9 Å². The summed E-state index contributed by atoms with van der Waals surface area (Å²) >= 11 is 6.10. The minimum atomic E-state index is 0.0156. The van der Waals surface area contributed by atoms with Crippen LogP contribution in [0.1, 0.15) is 28.8 Å². The summed E-state index contributed by atoms with van der Waals surface area (Å²) in [4.78, 5) is 14.1. The van der Waals surface area contributed by atoms with Crippen molar-refractivity contribution in [3.63, 3.8) is 0 Å². The van der Waals surface area contributed by atoms with Gasteiger partial charge < -0.3 is 10.6 Å². The molecule has 0 bridgehead atoms. The zero-order valence-electron chi connectivity index (χ0n) is 9.95. The molecule has 92 valence electrons. The molecule has 2 N–H and O–H groups in total. The second-order valence-corrected chi connectivity index (χ2v) is 5.02. The van der Waals surface area contributed by atoms with Gasteiger partial charge in [0.1, 0.15) is 0 Å². The maximum Gasteiger partial charge on any atom is 0.255 e. The van der Waals surface area contributed by atoms with E-state index in [9.17, 15) is 4.79 Å². The quantitative estimate of drug-likeness (QED) is 0.833. The van der Waals surface area contributed by atoms with Crippen LogP contribution in [0.2, 0.25) is 5.02 Å². The summed E-state index contributed by atoms with van der Waals surface area (Å²) in [5.74, 6) is 0.0156. The molecule has 0 radical (unpaired) electrons. The molecule has 1 fully saturated rings. The molecule has 0 atom stereocenters. The monoisotopic (exact) mass is 252 g/mol. The molecule has 1 aromatic rings. The number of rotatable bonds is 1. The first-order valence-corrected chi connectivity index (χ1v) is 6.26. The number of benzene rings is 1.